The van der Waals surface area contributed by atoms with Crippen LogP contribution >= 0.6 is 0 Å². The number of imide groups is 1. The van der Waals surface area contributed by atoms with E-state index in [9.17, 15) is 9.59 Å². The van der Waals surface area contributed by atoms with Gasteiger partial charge in [0.15, 0.2) is 0 Å². The summed E-state index contributed by atoms with van der Waals surface area (Å²) in [5.41, 5.74) is 5.23. The maximum absolute atomic E-state index is 13.6. The number of rotatable bonds is 6. The van der Waals surface area contributed by atoms with Gasteiger partial charge >= 0.3 is 0 Å². The Hall–Kier alpha value is -2.96. The summed E-state index contributed by atoms with van der Waals surface area (Å²) in [6.07, 6.45) is 1.64. The zero-order valence-corrected chi connectivity index (χ0v) is 18.5. The van der Waals surface area contributed by atoms with Crippen LogP contribution in [0.3, 0.4) is 0 Å². The van der Waals surface area contributed by atoms with Crippen LogP contribution in [0.15, 0.2) is 54.2 Å². The average molecular weight is 432 g/mol. The predicted molar refractivity (Wildman–Crippen MR) is 124 cm³/mol. The Bertz CT molecular complexity index is 1050. The normalized spacial score (nSPS) is 19.3. The number of hydrogen-bond donors (Lipinski definition) is 0. The van der Waals surface area contributed by atoms with Gasteiger partial charge in [0.05, 0.1) is 18.8 Å². The molecule has 0 saturated carbocycles. The van der Waals surface area contributed by atoms with Crippen molar-refractivity contribution in [3.05, 3.63) is 70.9 Å². The summed E-state index contributed by atoms with van der Waals surface area (Å²) < 4.78 is 5.41. The molecule has 3 heterocycles. The largest absolute Gasteiger partial charge is 0.379 e. The quantitative estimate of drug-likeness (QED) is 0.659. The van der Waals surface area contributed by atoms with E-state index in [-0.39, 0.29) is 11.8 Å². The van der Waals surface area contributed by atoms with E-state index in [0.29, 0.717) is 24.4 Å². The monoisotopic (exact) mass is 431 g/mol. The molecule has 0 atom stereocenters. The first-order chi connectivity index (χ1) is 15.6. The summed E-state index contributed by atoms with van der Waals surface area (Å²) in [5.74, 6) is -0.357. The molecule has 1 fully saturated rings. The number of carbonyl (C=O) groups excluding carboxylic acids is 2. The number of amides is 2. The van der Waals surface area contributed by atoms with Crippen molar-refractivity contribution in [3.8, 4) is 0 Å². The Morgan fingerprint density at radius 1 is 0.875 bits per heavy atom. The molecule has 5 rings (SSSR count). The lowest BCUT2D eigenvalue weighted by Crippen LogP contribution is -2.40. The smallest absolute Gasteiger partial charge is 0.278 e. The Morgan fingerprint density at radius 2 is 1.62 bits per heavy atom. The number of hydrogen-bond acceptors (Lipinski definition) is 5. The van der Waals surface area contributed by atoms with Crippen LogP contribution in [0.4, 0.5) is 5.69 Å². The lowest BCUT2D eigenvalue weighted by molar-refractivity contribution is -0.137. The highest BCUT2D eigenvalue weighted by atomic mass is 16.5. The first-order valence-electron chi connectivity index (χ1n) is 11.5. The van der Waals surface area contributed by atoms with Crippen LogP contribution in [-0.2, 0) is 20.7 Å². The molecule has 2 amide bonds. The third-order valence-corrected chi connectivity index (χ3v) is 6.60. The van der Waals surface area contributed by atoms with Gasteiger partial charge in [-0.2, -0.15) is 0 Å². The van der Waals surface area contributed by atoms with Gasteiger partial charge in [-0.3, -0.25) is 19.4 Å². The van der Waals surface area contributed by atoms with E-state index in [1.807, 2.05) is 54.3 Å². The standard InChI is InChI=1S/C26H29N3O3/c1-19-7-9-21(10-8-19)23-24(28-14-11-20-5-2-3-6-22(20)28)26(31)29(25(23)30)13-4-12-27-15-17-32-18-16-27/h2-3,5-10H,4,11-18H2,1H3. The second kappa shape index (κ2) is 8.88. The molecule has 3 aliphatic heterocycles. The fraction of sp³-hybridized carbons (Fsp3) is 0.385. The maximum atomic E-state index is 13.6. The van der Waals surface area contributed by atoms with E-state index in [2.05, 4.69) is 11.0 Å². The van der Waals surface area contributed by atoms with E-state index < -0.39 is 0 Å². The summed E-state index contributed by atoms with van der Waals surface area (Å²) in [5, 5.41) is 0. The van der Waals surface area contributed by atoms with E-state index in [4.69, 9.17) is 4.74 Å². The molecule has 0 aromatic heterocycles. The molecule has 0 unspecified atom stereocenters. The molecule has 0 spiro atoms. The minimum atomic E-state index is -0.180. The minimum absolute atomic E-state index is 0.177. The molecule has 2 aromatic rings. The van der Waals surface area contributed by atoms with Gasteiger partial charge in [-0.15, -0.1) is 0 Å². The maximum Gasteiger partial charge on any atom is 0.278 e. The van der Waals surface area contributed by atoms with Crippen LogP contribution in [0.2, 0.25) is 0 Å². The van der Waals surface area contributed by atoms with Crippen molar-refractivity contribution >= 4 is 23.1 Å². The third kappa shape index (κ3) is 3.85. The molecule has 32 heavy (non-hydrogen) atoms. The van der Waals surface area contributed by atoms with Gasteiger partial charge in [0.1, 0.15) is 5.70 Å². The first-order valence-corrected chi connectivity index (χ1v) is 11.5. The van der Waals surface area contributed by atoms with E-state index in [0.717, 1.165) is 62.5 Å². The molecule has 3 aliphatic rings. The summed E-state index contributed by atoms with van der Waals surface area (Å²) >= 11 is 0. The Kier molecular flexibility index (Phi) is 5.81. The van der Waals surface area contributed by atoms with Crippen molar-refractivity contribution in [3.63, 3.8) is 0 Å². The van der Waals surface area contributed by atoms with Crippen LogP contribution in [0.1, 0.15) is 23.1 Å². The Labute approximate surface area is 189 Å². The van der Waals surface area contributed by atoms with Crippen LogP contribution in [0.25, 0.3) is 5.57 Å². The zero-order valence-electron chi connectivity index (χ0n) is 18.5. The van der Waals surface area contributed by atoms with Crippen molar-refractivity contribution in [1.82, 2.24) is 9.80 Å². The molecule has 0 aliphatic carbocycles. The van der Waals surface area contributed by atoms with Gasteiger partial charge in [0.2, 0.25) is 0 Å². The number of para-hydroxylation sites is 1. The highest BCUT2D eigenvalue weighted by Gasteiger charge is 2.42. The van der Waals surface area contributed by atoms with Crippen LogP contribution in [0.5, 0.6) is 0 Å². The molecule has 6 nitrogen and oxygen atoms in total. The van der Waals surface area contributed by atoms with Crippen LogP contribution < -0.4 is 4.90 Å². The van der Waals surface area contributed by atoms with Crippen molar-refractivity contribution in [2.45, 2.75) is 19.8 Å². The molecule has 0 N–H and O–H groups in total. The molecule has 0 bridgehead atoms. The van der Waals surface area contributed by atoms with Gasteiger partial charge in [-0.25, -0.2) is 0 Å². The van der Waals surface area contributed by atoms with Gasteiger partial charge in [-0.05, 0) is 37.0 Å². The number of nitrogens with zero attached hydrogens (tertiary/aromatic N) is 3. The van der Waals surface area contributed by atoms with E-state index in [1.54, 1.807) is 0 Å². The van der Waals surface area contributed by atoms with Crippen molar-refractivity contribution in [2.75, 3.05) is 50.8 Å². The molecular weight excluding hydrogens is 402 g/mol. The predicted octanol–water partition coefficient (Wildman–Crippen LogP) is 2.86. The molecule has 2 aromatic carbocycles. The number of morpholine rings is 1. The number of aryl methyl sites for hydroxylation is 1. The zero-order chi connectivity index (χ0) is 22.1. The van der Waals surface area contributed by atoms with Gasteiger partial charge < -0.3 is 9.64 Å². The highest BCUT2D eigenvalue weighted by molar-refractivity contribution is 6.36. The minimum Gasteiger partial charge on any atom is -0.379 e. The van der Waals surface area contributed by atoms with Crippen LogP contribution in [-0.4, -0.2) is 67.6 Å². The first kappa shape index (κ1) is 20.9. The molecule has 0 radical (unpaired) electrons. The summed E-state index contributed by atoms with van der Waals surface area (Å²) in [4.78, 5) is 33.0. The van der Waals surface area contributed by atoms with Crippen molar-refractivity contribution < 1.29 is 14.3 Å². The lowest BCUT2D eigenvalue weighted by atomic mass is 10.0. The second-order valence-electron chi connectivity index (χ2n) is 8.69. The van der Waals surface area contributed by atoms with Gasteiger partial charge in [-0.1, -0.05) is 48.0 Å². The Morgan fingerprint density at radius 3 is 2.41 bits per heavy atom. The number of anilines is 1. The second-order valence-corrected chi connectivity index (χ2v) is 8.69. The van der Waals surface area contributed by atoms with E-state index in [1.165, 1.54) is 10.5 Å². The fourth-order valence-electron chi connectivity index (χ4n) is 4.84. The topological polar surface area (TPSA) is 53.1 Å². The van der Waals surface area contributed by atoms with Gasteiger partial charge in [0, 0.05) is 38.4 Å². The van der Waals surface area contributed by atoms with Crippen molar-refractivity contribution in [1.29, 1.82) is 0 Å². The highest BCUT2D eigenvalue weighted by Crippen LogP contribution is 2.38. The number of benzene rings is 2. The SMILES string of the molecule is Cc1ccc(C2=C(N3CCc4ccccc43)C(=O)N(CCCN3CCOCC3)C2=O)cc1. The molecule has 166 valence electrons. The molecule has 1 saturated heterocycles. The van der Waals surface area contributed by atoms with Crippen LogP contribution in [0, 0.1) is 6.92 Å². The van der Waals surface area contributed by atoms with Crippen molar-refractivity contribution in [2.24, 2.45) is 0 Å². The number of ether oxygens (including phenoxy) is 1. The van der Waals surface area contributed by atoms with Gasteiger partial charge in [0.25, 0.3) is 11.8 Å². The number of fused-ring (bicyclic) bond motifs is 1. The Balaban J connectivity index is 1.44. The summed E-state index contributed by atoms with van der Waals surface area (Å²) in [6, 6.07) is 16.1. The molecule has 6 heteroatoms. The lowest BCUT2D eigenvalue weighted by Gasteiger charge is -2.27. The summed E-state index contributed by atoms with van der Waals surface area (Å²) in [7, 11) is 0. The average Bonchev–Trinajstić information content (AvgIpc) is 3.34. The van der Waals surface area contributed by atoms with E-state index >= 15 is 0 Å². The summed E-state index contributed by atoms with van der Waals surface area (Å²) in [6.45, 7) is 7.35. The third-order valence-electron chi connectivity index (χ3n) is 6.60. The number of carbonyl (C=O) groups is 2. The molecular formula is C26H29N3O3. The fourth-order valence-corrected chi connectivity index (χ4v) is 4.84.